The summed E-state index contributed by atoms with van der Waals surface area (Å²) in [4.78, 5) is 1.26. The molecule has 0 amide bonds. The van der Waals surface area contributed by atoms with Gasteiger partial charge in [-0.2, -0.15) is 0 Å². The number of benzene rings is 4. The highest BCUT2D eigenvalue weighted by atomic mass is 32.2. The Balaban J connectivity index is 1.52. The van der Waals surface area contributed by atoms with Crippen molar-refractivity contribution in [3.63, 3.8) is 0 Å². The van der Waals surface area contributed by atoms with E-state index in [1.165, 1.54) is 42.8 Å². The van der Waals surface area contributed by atoms with Crippen LogP contribution in [0.4, 0.5) is 8.78 Å². The van der Waals surface area contributed by atoms with Crippen molar-refractivity contribution in [2.75, 3.05) is 0 Å². The zero-order valence-electron chi connectivity index (χ0n) is 15.7. The van der Waals surface area contributed by atoms with Crippen LogP contribution in [0, 0.1) is 5.82 Å². The largest absolute Gasteiger partial charge is 0.207 e. The normalized spacial score (nSPS) is 20.3. The molecular formula is C26H14F2S2. The Hall–Kier alpha value is -2.69. The number of hydrogen-bond acceptors (Lipinski definition) is 2. The summed E-state index contributed by atoms with van der Waals surface area (Å²) in [6, 6.07) is 18.1. The van der Waals surface area contributed by atoms with Gasteiger partial charge in [0.25, 0.3) is 0 Å². The molecule has 0 nitrogen and oxygen atoms in total. The molecule has 30 heavy (non-hydrogen) atoms. The molecule has 0 bridgehead atoms. The van der Waals surface area contributed by atoms with E-state index in [4.69, 9.17) is 0 Å². The SMILES string of the molecule is FC1=CC2c3ccc4cc5c(ccc6c7cc(F)ccc7sc56)cc4c3SC2C=C1. The molecule has 144 valence electrons. The van der Waals surface area contributed by atoms with Crippen molar-refractivity contribution in [3.8, 4) is 0 Å². The molecule has 4 aromatic carbocycles. The number of allylic oxidation sites excluding steroid dienone is 3. The van der Waals surface area contributed by atoms with E-state index < -0.39 is 0 Å². The minimum absolute atomic E-state index is 0.107. The smallest absolute Gasteiger partial charge is 0.123 e. The molecule has 0 spiro atoms. The van der Waals surface area contributed by atoms with E-state index in [9.17, 15) is 8.78 Å². The summed E-state index contributed by atoms with van der Waals surface area (Å²) >= 11 is 3.55. The summed E-state index contributed by atoms with van der Waals surface area (Å²) < 4.78 is 30.0. The molecule has 0 saturated carbocycles. The van der Waals surface area contributed by atoms with Crippen molar-refractivity contribution < 1.29 is 8.78 Å². The van der Waals surface area contributed by atoms with E-state index in [1.54, 1.807) is 29.6 Å². The maximum Gasteiger partial charge on any atom is 0.123 e. The molecule has 4 heteroatoms. The van der Waals surface area contributed by atoms with Crippen molar-refractivity contribution in [1.82, 2.24) is 0 Å². The minimum atomic E-state index is -0.200. The highest BCUT2D eigenvalue weighted by Gasteiger charge is 2.33. The van der Waals surface area contributed by atoms with Gasteiger partial charge in [-0.3, -0.25) is 0 Å². The second-order valence-corrected chi connectivity index (χ2v) is 10.2. The molecule has 2 unspecified atom stereocenters. The summed E-state index contributed by atoms with van der Waals surface area (Å²) in [6.07, 6.45) is 5.31. The summed E-state index contributed by atoms with van der Waals surface area (Å²) in [5.74, 6) is -0.239. The van der Waals surface area contributed by atoms with Crippen molar-refractivity contribution in [3.05, 3.63) is 90.0 Å². The highest BCUT2D eigenvalue weighted by Crippen LogP contribution is 2.52. The van der Waals surface area contributed by atoms with Gasteiger partial charge < -0.3 is 0 Å². The van der Waals surface area contributed by atoms with Crippen molar-refractivity contribution >= 4 is 64.8 Å². The molecule has 5 aromatic rings. The fourth-order valence-corrected chi connectivity index (χ4v) is 7.53. The molecule has 2 heterocycles. The van der Waals surface area contributed by atoms with Gasteiger partial charge in [-0.25, -0.2) is 8.78 Å². The summed E-state index contributed by atoms with van der Waals surface area (Å²) in [7, 11) is 0. The molecule has 0 radical (unpaired) electrons. The monoisotopic (exact) mass is 428 g/mol. The number of fused-ring (bicyclic) bond motifs is 10. The van der Waals surface area contributed by atoms with Crippen LogP contribution >= 0.6 is 23.1 Å². The first-order chi connectivity index (χ1) is 14.7. The third-order valence-corrected chi connectivity index (χ3v) is 8.92. The molecule has 1 aromatic heterocycles. The Bertz CT molecular complexity index is 1610. The number of thioether (sulfide) groups is 1. The zero-order chi connectivity index (χ0) is 20.0. The average Bonchev–Trinajstić information content (AvgIpc) is 3.30. The second-order valence-electron chi connectivity index (χ2n) is 7.98. The Labute approximate surface area is 179 Å². The Morgan fingerprint density at radius 2 is 1.60 bits per heavy atom. The van der Waals surface area contributed by atoms with Gasteiger partial charge in [-0.05, 0) is 64.2 Å². The van der Waals surface area contributed by atoms with E-state index in [2.05, 4.69) is 36.4 Å². The van der Waals surface area contributed by atoms with E-state index in [-0.39, 0.29) is 22.8 Å². The van der Waals surface area contributed by atoms with Crippen LogP contribution in [-0.4, -0.2) is 5.25 Å². The van der Waals surface area contributed by atoms with E-state index in [0.717, 1.165) is 15.5 Å². The first-order valence-corrected chi connectivity index (χ1v) is 11.6. The standard InChI is InChI=1S/C26H14F2S2/c27-15-3-7-23-21(11-15)17-5-1-13-9-20-14(10-19(13)25(17)29-23)2-6-18-22-12-16(28)4-8-24(22)30-26(18)20/h1-12,21,23H. The van der Waals surface area contributed by atoms with Crippen LogP contribution in [0.15, 0.2) is 83.5 Å². The molecule has 0 N–H and O–H groups in total. The van der Waals surface area contributed by atoms with Crippen molar-refractivity contribution in [2.45, 2.75) is 16.1 Å². The lowest BCUT2D eigenvalue weighted by Gasteiger charge is -2.15. The molecule has 2 aliphatic rings. The first-order valence-electron chi connectivity index (χ1n) is 9.89. The average molecular weight is 429 g/mol. The third kappa shape index (κ3) is 2.26. The number of hydrogen-bond donors (Lipinski definition) is 0. The summed E-state index contributed by atoms with van der Waals surface area (Å²) in [5.41, 5.74) is 1.22. The Morgan fingerprint density at radius 1 is 0.767 bits per heavy atom. The fourth-order valence-electron chi connectivity index (χ4n) is 4.88. The fraction of sp³-hybridized carbons (Fsp3) is 0.0769. The number of rotatable bonds is 0. The molecule has 7 rings (SSSR count). The van der Waals surface area contributed by atoms with Crippen molar-refractivity contribution in [1.29, 1.82) is 0 Å². The number of halogens is 2. The van der Waals surface area contributed by atoms with E-state index in [1.807, 2.05) is 23.9 Å². The zero-order valence-corrected chi connectivity index (χ0v) is 17.3. The van der Waals surface area contributed by atoms with E-state index >= 15 is 0 Å². The van der Waals surface area contributed by atoms with Gasteiger partial charge in [-0.1, -0.05) is 30.3 Å². The van der Waals surface area contributed by atoms with Crippen LogP contribution < -0.4 is 0 Å². The molecule has 0 fully saturated rings. The van der Waals surface area contributed by atoms with Crippen LogP contribution in [0.2, 0.25) is 0 Å². The quantitative estimate of drug-likeness (QED) is 0.223. The predicted molar refractivity (Wildman–Crippen MR) is 125 cm³/mol. The second kappa shape index (κ2) is 5.93. The van der Waals surface area contributed by atoms with E-state index in [0.29, 0.717) is 0 Å². The molecule has 0 saturated heterocycles. The maximum absolute atomic E-state index is 13.8. The molecule has 1 aliphatic heterocycles. The van der Waals surface area contributed by atoms with Gasteiger partial charge in [0.15, 0.2) is 0 Å². The van der Waals surface area contributed by atoms with Gasteiger partial charge in [0, 0.05) is 41.6 Å². The maximum atomic E-state index is 13.8. The van der Waals surface area contributed by atoms with Crippen LogP contribution in [0.5, 0.6) is 0 Å². The van der Waals surface area contributed by atoms with Gasteiger partial charge in [-0.15, -0.1) is 23.1 Å². The Morgan fingerprint density at radius 3 is 2.53 bits per heavy atom. The van der Waals surface area contributed by atoms with Gasteiger partial charge in [0.1, 0.15) is 11.6 Å². The van der Waals surface area contributed by atoms with Crippen molar-refractivity contribution in [2.24, 2.45) is 0 Å². The summed E-state index contributed by atoms with van der Waals surface area (Å²) in [5, 5.41) is 7.15. The summed E-state index contributed by atoms with van der Waals surface area (Å²) in [6.45, 7) is 0. The van der Waals surface area contributed by atoms with Crippen LogP contribution in [-0.2, 0) is 0 Å². The lowest BCUT2D eigenvalue weighted by molar-refractivity contribution is 0.630. The van der Waals surface area contributed by atoms with Gasteiger partial charge in [0.05, 0.1) is 0 Å². The predicted octanol–water partition coefficient (Wildman–Crippen LogP) is 8.48. The lowest BCUT2D eigenvalue weighted by Crippen LogP contribution is -2.07. The molecule has 2 atom stereocenters. The molecule has 1 aliphatic carbocycles. The minimum Gasteiger partial charge on any atom is -0.207 e. The van der Waals surface area contributed by atoms with Crippen LogP contribution in [0.3, 0.4) is 0 Å². The van der Waals surface area contributed by atoms with Gasteiger partial charge in [0.2, 0.25) is 0 Å². The Kier molecular flexibility index (Phi) is 3.37. The highest BCUT2D eigenvalue weighted by molar-refractivity contribution is 8.00. The van der Waals surface area contributed by atoms with Gasteiger partial charge >= 0.3 is 0 Å². The lowest BCUT2D eigenvalue weighted by atomic mass is 9.90. The first kappa shape index (κ1) is 17.0. The topological polar surface area (TPSA) is 0 Å². The number of thiophene rings is 1. The van der Waals surface area contributed by atoms with Crippen LogP contribution in [0.25, 0.3) is 41.7 Å². The third-order valence-electron chi connectivity index (χ3n) is 6.28. The molecular weight excluding hydrogens is 414 g/mol. The van der Waals surface area contributed by atoms with Crippen LogP contribution in [0.1, 0.15) is 11.5 Å².